The lowest BCUT2D eigenvalue weighted by molar-refractivity contribution is -0.140. The largest absolute Gasteiger partial charge is 0.495 e. The highest BCUT2D eigenvalue weighted by atomic mass is 35.5. The second kappa shape index (κ2) is 15.3. The fourth-order valence-corrected chi connectivity index (χ4v) is 7.35. The normalized spacial score (nSPS) is 14.0. The predicted molar refractivity (Wildman–Crippen MR) is 180 cm³/mol. The Kier molecular flexibility index (Phi) is 11.0. The van der Waals surface area contributed by atoms with Crippen LogP contribution in [0.1, 0.15) is 36.8 Å². The van der Waals surface area contributed by atoms with Gasteiger partial charge in [0, 0.05) is 24.0 Å². The average molecular weight is 660 g/mol. The molecule has 8 nitrogen and oxygen atoms in total. The molecule has 10 heteroatoms. The van der Waals surface area contributed by atoms with Gasteiger partial charge in [-0.1, -0.05) is 97.2 Å². The van der Waals surface area contributed by atoms with Gasteiger partial charge >= 0.3 is 0 Å². The summed E-state index contributed by atoms with van der Waals surface area (Å²) in [6.07, 6.45) is 4.08. The van der Waals surface area contributed by atoms with E-state index in [1.165, 1.54) is 24.1 Å². The lowest BCUT2D eigenvalue weighted by atomic mass is 10.0. The van der Waals surface area contributed by atoms with E-state index >= 15 is 0 Å². The van der Waals surface area contributed by atoms with Crippen molar-refractivity contribution < 1.29 is 22.7 Å². The lowest BCUT2D eigenvalue weighted by Gasteiger charge is -2.34. The number of nitrogens with one attached hydrogen (secondary N) is 1. The molecule has 4 aromatic rings. The second-order valence-corrected chi connectivity index (χ2v) is 13.6. The van der Waals surface area contributed by atoms with Crippen LogP contribution in [0, 0.1) is 0 Å². The Morgan fingerprint density at radius 1 is 0.848 bits per heavy atom. The van der Waals surface area contributed by atoms with Crippen molar-refractivity contribution in [2.24, 2.45) is 0 Å². The minimum absolute atomic E-state index is 0.0257. The topological polar surface area (TPSA) is 96.0 Å². The smallest absolute Gasteiger partial charge is 0.264 e. The summed E-state index contributed by atoms with van der Waals surface area (Å²) in [5.41, 5.74) is 1.84. The van der Waals surface area contributed by atoms with Gasteiger partial charge in [-0.3, -0.25) is 13.9 Å². The fourth-order valence-electron chi connectivity index (χ4n) is 5.78. The molecular formula is C36H38ClN3O5S. The Labute approximate surface area is 276 Å². The Balaban J connectivity index is 1.58. The van der Waals surface area contributed by atoms with Gasteiger partial charge in [0.15, 0.2) is 0 Å². The number of para-hydroxylation sites is 2. The van der Waals surface area contributed by atoms with Crippen LogP contribution in [0.15, 0.2) is 114 Å². The van der Waals surface area contributed by atoms with Crippen LogP contribution in [-0.2, 0) is 32.6 Å². The molecule has 5 rings (SSSR count). The second-order valence-electron chi connectivity index (χ2n) is 11.3. The Morgan fingerprint density at radius 3 is 2.11 bits per heavy atom. The summed E-state index contributed by atoms with van der Waals surface area (Å²) in [4.78, 5) is 30.2. The van der Waals surface area contributed by atoms with E-state index in [1.54, 1.807) is 66.7 Å². The van der Waals surface area contributed by atoms with E-state index < -0.39 is 28.5 Å². The summed E-state index contributed by atoms with van der Waals surface area (Å²) in [5, 5.41) is 3.72. The highest BCUT2D eigenvalue weighted by Crippen LogP contribution is 2.33. The van der Waals surface area contributed by atoms with Crippen LogP contribution in [0.4, 0.5) is 5.69 Å². The van der Waals surface area contributed by atoms with E-state index in [-0.39, 0.29) is 35.5 Å². The molecule has 0 heterocycles. The van der Waals surface area contributed by atoms with Crippen molar-refractivity contribution in [1.82, 2.24) is 10.2 Å². The Hall–Kier alpha value is -4.34. The molecule has 1 N–H and O–H groups in total. The number of sulfonamides is 1. The molecule has 1 aliphatic carbocycles. The third kappa shape index (κ3) is 8.08. The maximum absolute atomic E-state index is 14.6. The number of hydrogen-bond acceptors (Lipinski definition) is 5. The average Bonchev–Trinajstić information content (AvgIpc) is 3.59. The van der Waals surface area contributed by atoms with Gasteiger partial charge in [-0.05, 0) is 60.4 Å². The van der Waals surface area contributed by atoms with E-state index in [0.717, 1.165) is 41.1 Å². The van der Waals surface area contributed by atoms with Crippen LogP contribution in [0.25, 0.3) is 0 Å². The van der Waals surface area contributed by atoms with Crippen LogP contribution in [0.3, 0.4) is 0 Å². The number of carbonyl (C=O) groups excluding carboxylic acids is 2. The van der Waals surface area contributed by atoms with Gasteiger partial charge in [0.25, 0.3) is 10.0 Å². The zero-order valence-corrected chi connectivity index (χ0v) is 27.3. The van der Waals surface area contributed by atoms with Gasteiger partial charge in [-0.15, -0.1) is 0 Å². The number of nitrogens with zero attached hydrogens (tertiary/aromatic N) is 2. The fraction of sp³-hybridized carbons (Fsp3) is 0.278. The highest BCUT2D eigenvalue weighted by Gasteiger charge is 2.36. The Morgan fingerprint density at radius 2 is 1.46 bits per heavy atom. The molecular weight excluding hydrogens is 622 g/mol. The number of rotatable bonds is 13. The maximum Gasteiger partial charge on any atom is 0.264 e. The minimum Gasteiger partial charge on any atom is -0.495 e. The molecule has 0 aromatic heterocycles. The molecule has 0 saturated heterocycles. The quantitative estimate of drug-likeness (QED) is 0.183. The number of amides is 2. The van der Waals surface area contributed by atoms with Crippen LogP contribution in [0.2, 0.25) is 5.02 Å². The number of anilines is 1. The lowest BCUT2D eigenvalue weighted by Crippen LogP contribution is -2.54. The van der Waals surface area contributed by atoms with Crippen molar-refractivity contribution >= 4 is 39.1 Å². The molecule has 4 aromatic carbocycles. The number of carbonyl (C=O) groups is 2. The molecule has 0 bridgehead atoms. The number of hydrogen-bond donors (Lipinski definition) is 1. The summed E-state index contributed by atoms with van der Waals surface area (Å²) in [6, 6.07) is 30.3. The first-order valence-electron chi connectivity index (χ1n) is 15.4. The zero-order chi connectivity index (χ0) is 32.5. The molecule has 1 fully saturated rings. The van der Waals surface area contributed by atoms with E-state index in [4.69, 9.17) is 16.3 Å². The molecule has 0 radical (unpaired) electrons. The minimum atomic E-state index is -4.23. The van der Waals surface area contributed by atoms with Crippen molar-refractivity contribution in [3.8, 4) is 5.75 Å². The molecule has 1 aliphatic rings. The third-order valence-electron chi connectivity index (χ3n) is 8.20. The van der Waals surface area contributed by atoms with E-state index in [0.29, 0.717) is 10.8 Å². The molecule has 0 aliphatic heterocycles. The summed E-state index contributed by atoms with van der Waals surface area (Å²) >= 11 is 6.17. The molecule has 1 saturated carbocycles. The first-order valence-corrected chi connectivity index (χ1v) is 17.2. The molecule has 0 spiro atoms. The van der Waals surface area contributed by atoms with E-state index in [1.807, 2.05) is 30.3 Å². The molecule has 240 valence electrons. The van der Waals surface area contributed by atoms with Gasteiger partial charge in [0.1, 0.15) is 18.3 Å². The number of benzene rings is 4. The maximum atomic E-state index is 14.6. The third-order valence-corrected chi connectivity index (χ3v) is 10.2. The summed E-state index contributed by atoms with van der Waals surface area (Å²) in [7, 11) is -2.78. The predicted octanol–water partition coefficient (Wildman–Crippen LogP) is 6.24. The Bertz CT molecular complexity index is 1710. The zero-order valence-electron chi connectivity index (χ0n) is 25.7. The molecule has 1 atom stereocenters. The standard InChI is InChI=1S/C36H38ClN3O5S/c1-45-34-19-11-10-18-32(34)40(46(43,44)31-16-6-3-7-17-31)26-35(41)39(25-28-20-22-29(37)23-21-28)33(24-27-12-4-2-5-13-27)36(42)38-30-14-8-9-15-30/h2-7,10-13,16-23,30,33H,8-9,14-15,24-26H2,1H3,(H,38,42)/t33-/m0/s1. The number of methoxy groups -OCH3 is 1. The molecule has 2 amide bonds. The summed E-state index contributed by atoms with van der Waals surface area (Å²) in [6.45, 7) is -0.496. The van der Waals surface area contributed by atoms with E-state index in [9.17, 15) is 18.0 Å². The highest BCUT2D eigenvalue weighted by molar-refractivity contribution is 7.92. The first-order chi connectivity index (χ1) is 22.3. The van der Waals surface area contributed by atoms with Crippen LogP contribution < -0.4 is 14.4 Å². The van der Waals surface area contributed by atoms with Crippen molar-refractivity contribution in [1.29, 1.82) is 0 Å². The van der Waals surface area contributed by atoms with Crippen molar-refractivity contribution in [3.05, 3.63) is 125 Å². The SMILES string of the molecule is COc1ccccc1N(CC(=O)N(Cc1ccc(Cl)cc1)[C@@H](Cc1ccccc1)C(=O)NC1CCCC1)S(=O)(=O)c1ccccc1. The number of halogens is 1. The van der Waals surface area contributed by atoms with Gasteiger partial charge in [-0.2, -0.15) is 0 Å². The van der Waals surface area contributed by atoms with E-state index in [2.05, 4.69) is 5.32 Å². The van der Waals surface area contributed by atoms with Crippen molar-refractivity contribution in [3.63, 3.8) is 0 Å². The summed E-state index contributed by atoms with van der Waals surface area (Å²) < 4.78 is 35.0. The van der Waals surface area contributed by atoms with Crippen molar-refractivity contribution in [2.75, 3.05) is 18.0 Å². The number of ether oxygens (including phenoxy) is 1. The molecule has 46 heavy (non-hydrogen) atoms. The van der Waals surface area contributed by atoms with Crippen molar-refractivity contribution in [2.45, 2.75) is 55.6 Å². The van der Waals surface area contributed by atoms with Gasteiger partial charge in [-0.25, -0.2) is 8.42 Å². The van der Waals surface area contributed by atoms with Gasteiger partial charge < -0.3 is 15.0 Å². The van der Waals surface area contributed by atoms with Gasteiger partial charge in [0.2, 0.25) is 11.8 Å². The van der Waals surface area contributed by atoms with Gasteiger partial charge in [0.05, 0.1) is 17.7 Å². The first kappa shape index (κ1) is 33.0. The monoisotopic (exact) mass is 659 g/mol. The van der Waals surface area contributed by atoms with Crippen LogP contribution >= 0.6 is 11.6 Å². The molecule has 0 unspecified atom stereocenters. The summed E-state index contributed by atoms with van der Waals surface area (Å²) in [5.74, 6) is -0.519. The van der Waals surface area contributed by atoms with Crippen LogP contribution in [-0.4, -0.2) is 50.9 Å². The van der Waals surface area contributed by atoms with Crippen LogP contribution in [0.5, 0.6) is 5.75 Å².